The van der Waals surface area contributed by atoms with E-state index in [4.69, 9.17) is 15.2 Å². The van der Waals surface area contributed by atoms with E-state index in [1.165, 1.54) is 0 Å². The van der Waals surface area contributed by atoms with E-state index in [1.807, 2.05) is 18.2 Å². The predicted octanol–water partition coefficient (Wildman–Crippen LogP) is 3.51. The lowest BCUT2D eigenvalue weighted by Crippen LogP contribution is -2.15. The first-order chi connectivity index (χ1) is 9.86. The molecule has 1 atom stereocenters. The molecule has 1 aromatic carbocycles. The number of ether oxygens (including phenoxy) is 2. The van der Waals surface area contributed by atoms with Crippen molar-refractivity contribution in [3.05, 3.63) is 39.8 Å². The molecule has 1 unspecified atom stereocenters. The summed E-state index contributed by atoms with van der Waals surface area (Å²) < 4.78 is 10.7. The Labute approximate surface area is 129 Å². The van der Waals surface area contributed by atoms with Gasteiger partial charge in [-0.15, -0.1) is 11.3 Å². The number of methoxy groups -OCH3 is 2. The maximum atomic E-state index is 6.39. The van der Waals surface area contributed by atoms with Crippen LogP contribution in [-0.2, 0) is 5.41 Å². The Morgan fingerprint density at radius 2 is 1.90 bits per heavy atom. The summed E-state index contributed by atoms with van der Waals surface area (Å²) >= 11 is 1.58. The fourth-order valence-electron chi connectivity index (χ4n) is 1.99. The molecule has 2 rings (SSSR count). The molecule has 21 heavy (non-hydrogen) atoms. The van der Waals surface area contributed by atoms with Crippen LogP contribution in [0.25, 0.3) is 0 Å². The molecule has 0 aliphatic carbocycles. The SMILES string of the molecule is COc1ccc(OC)c(C(N)c2nc(C(C)(C)C)cs2)c1. The Kier molecular flexibility index (Phi) is 4.54. The van der Waals surface area contributed by atoms with Crippen molar-refractivity contribution in [2.24, 2.45) is 5.73 Å². The van der Waals surface area contributed by atoms with Gasteiger partial charge in [-0.05, 0) is 18.2 Å². The van der Waals surface area contributed by atoms with Crippen LogP contribution in [0.15, 0.2) is 23.6 Å². The summed E-state index contributed by atoms with van der Waals surface area (Å²) in [5.41, 5.74) is 8.34. The fraction of sp³-hybridized carbons (Fsp3) is 0.438. The average Bonchev–Trinajstić information content (AvgIpc) is 2.95. The van der Waals surface area contributed by atoms with Crippen LogP contribution in [0.4, 0.5) is 0 Å². The van der Waals surface area contributed by atoms with Gasteiger partial charge in [-0.25, -0.2) is 4.98 Å². The molecule has 0 aliphatic rings. The van der Waals surface area contributed by atoms with Gasteiger partial charge in [-0.3, -0.25) is 0 Å². The van der Waals surface area contributed by atoms with Crippen molar-refractivity contribution in [1.82, 2.24) is 4.98 Å². The lowest BCUT2D eigenvalue weighted by Gasteiger charge is -2.16. The molecular formula is C16H22N2O2S. The number of aromatic nitrogens is 1. The summed E-state index contributed by atoms with van der Waals surface area (Å²) in [6.07, 6.45) is 0. The fourth-order valence-corrected chi connectivity index (χ4v) is 3.05. The van der Waals surface area contributed by atoms with Gasteiger partial charge in [-0.1, -0.05) is 20.8 Å². The minimum Gasteiger partial charge on any atom is -0.497 e. The number of nitrogens with two attached hydrogens (primary N) is 1. The topological polar surface area (TPSA) is 57.4 Å². The standard InChI is InChI=1S/C16H22N2O2S/c1-16(2,3)13-9-21-15(18-13)14(17)11-8-10(19-4)6-7-12(11)20-5/h6-9,14H,17H2,1-5H3. The maximum absolute atomic E-state index is 6.39. The Balaban J connectivity index is 2.39. The van der Waals surface area contributed by atoms with Gasteiger partial charge < -0.3 is 15.2 Å². The average molecular weight is 306 g/mol. The first-order valence-corrected chi connectivity index (χ1v) is 7.68. The Hall–Kier alpha value is -1.59. The van der Waals surface area contributed by atoms with Crippen LogP contribution in [-0.4, -0.2) is 19.2 Å². The first-order valence-electron chi connectivity index (χ1n) is 6.80. The van der Waals surface area contributed by atoms with Gasteiger partial charge in [0.05, 0.1) is 26.0 Å². The minimum atomic E-state index is -0.323. The molecule has 0 spiro atoms. The van der Waals surface area contributed by atoms with E-state index in [0.29, 0.717) is 0 Å². The van der Waals surface area contributed by atoms with Crippen LogP contribution in [0.2, 0.25) is 0 Å². The minimum absolute atomic E-state index is 0.0208. The van der Waals surface area contributed by atoms with Crippen molar-refractivity contribution >= 4 is 11.3 Å². The molecule has 0 aliphatic heterocycles. The quantitative estimate of drug-likeness (QED) is 0.939. The van der Waals surface area contributed by atoms with Crippen LogP contribution in [0.3, 0.4) is 0 Å². The molecule has 114 valence electrons. The summed E-state index contributed by atoms with van der Waals surface area (Å²) in [7, 11) is 3.28. The van der Waals surface area contributed by atoms with Gasteiger partial charge in [0.15, 0.2) is 0 Å². The zero-order chi connectivity index (χ0) is 15.6. The highest BCUT2D eigenvalue weighted by Crippen LogP contribution is 2.34. The normalized spacial score (nSPS) is 13.0. The second-order valence-corrected chi connectivity index (χ2v) is 6.80. The highest BCUT2D eigenvalue weighted by molar-refractivity contribution is 7.09. The highest BCUT2D eigenvalue weighted by atomic mass is 32.1. The molecule has 1 heterocycles. The maximum Gasteiger partial charge on any atom is 0.124 e. The molecule has 4 nitrogen and oxygen atoms in total. The number of nitrogens with zero attached hydrogens (tertiary/aromatic N) is 1. The van der Waals surface area contributed by atoms with Gasteiger partial charge in [0.25, 0.3) is 0 Å². The predicted molar refractivity (Wildman–Crippen MR) is 86.4 cm³/mol. The molecule has 0 fully saturated rings. The van der Waals surface area contributed by atoms with Crippen LogP contribution in [0, 0.1) is 0 Å². The summed E-state index contributed by atoms with van der Waals surface area (Å²) in [6, 6.07) is 5.31. The molecule has 1 aromatic heterocycles. The zero-order valence-electron chi connectivity index (χ0n) is 13.1. The molecule has 0 amide bonds. The van der Waals surface area contributed by atoms with E-state index in [2.05, 4.69) is 31.1 Å². The van der Waals surface area contributed by atoms with Gasteiger partial charge in [-0.2, -0.15) is 0 Å². The van der Waals surface area contributed by atoms with Crippen molar-refractivity contribution in [2.75, 3.05) is 14.2 Å². The summed E-state index contributed by atoms with van der Waals surface area (Å²) in [5, 5.41) is 2.95. The number of hydrogen-bond donors (Lipinski definition) is 1. The highest BCUT2D eigenvalue weighted by Gasteiger charge is 2.22. The molecule has 5 heteroatoms. The number of thiazole rings is 1. The van der Waals surface area contributed by atoms with Crippen LogP contribution >= 0.6 is 11.3 Å². The number of hydrogen-bond acceptors (Lipinski definition) is 5. The third kappa shape index (κ3) is 3.36. The molecule has 2 aromatic rings. The molecule has 0 saturated carbocycles. The number of rotatable bonds is 4. The molecule has 2 N–H and O–H groups in total. The lowest BCUT2D eigenvalue weighted by atomic mass is 9.93. The third-order valence-corrected chi connectivity index (χ3v) is 4.26. The second-order valence-electron chi connectivity index (χ2n) is 5.91. The second kappa shape index (κ2) is 6.03. The van der Waals surface area contributed by atoms with Crippen molar-refractivity contribution < 1.29 is 9.47 Å². The van der Waals surface area contributed by atoms with Gasteiger partial charge in [0, 0.05) is 16.4 Å². The Morgan fingerprint density at radius 1 is 1.19 bits per heavy atom. The number of benzene rings is 1. The van der Waals surface area contributed by atoms with E-state index in [1.54, 1.807) is 25.6 Å². The van der Waals surface area contributed by atoms with Crippen molar-refractivity contribution in [2.45, 2.75) is 32.2 Å². The summed E-state index contributed by atoms with van der Waals surface area (Å²) in [4.78, 5) is 4.69. The first kappa shape index (κ1) is 15.8. The van der Waals surface area contributed by atoms with Gasteiger partial charge >= 0.3 is 0 Å². The third-order valence-electron chi connectivity index (χ3n) is 3.33. The van der Waals surface area contributed by atoms with Crippen LogP contribution in [0.1, 0.15) is 43.1 Å². The molecule has 0 bridgehead atoms. The van der Waals surface area contributed by atoms with Crippen LogP contribution < -0.4 is 15.2 Å². The van der Waals surface area contributed by atoms with E-state index in [-0.39, 0.29) is 11.5 Å². The van der Waals surface area contributed by atoms with Crippen molar-refractivity contribution in [3.63, 3.8) is 0 Å². The van der Waals surface area contributed by atoms with Gasteiger partial charge in [0.2, 0.25) is 0 Å². The molecule has 0 saturated heterocycles. The van der Waals surface area contributed by atoms with Crippen molar-refractivity contribution in [1.29, 1.82) is 0 Å². The van der Waals surface area contributed by atoms with E-state index in [0.717, 1.165) is 27.8 Å². The Morgan fingerprint density at radius 3 is 2.43 bits per heavy atom. The largest absolute Gasteiger partial charge is 0.497 e. The van der Waals surface area contributed by atoms with Crippen molar-refractivity contribution in [3.8, 4) is 11.5 Å². The summed E-state index contributed by atoms with van der Waals surface area (Å²) in [5.74, 6) is 1.50. The molecule has 0 radical (unpaired) electrons. The molecular weight excluding hydrogens is 284 g/mol. The van der Waals surface area contributed by atoms with E-state index >= 15 is 0 Å². The van der Waals surface area contributed by atoms with E-state index in [9.17, 15) is 0 Å². The van der Waals surface area contributed by atoms with Crippen LogP contribution in [0.5, 0.6) is 11.5 Å². The van der Waals surface area contributed by atoms with E-state index < -0.39 is 0 Å². The smallest absolute Gasteiger partial charge is 0.124 e. The monoisotopic (exact) mass is 306 g/mol. The summed E-state index contributed by atoms with van der Waals surface area (Å²) in [6.45, 7) is 6.43. The Bertz CT molecular complexity index is 617. The van der Waals surface area contributed by atoms with Gasteiger partial charge in [0.1, 0.15) is 16.5 Å². The lowest BCUT2D eigenvalue weighted by molar-refractivity contribution is 0.397. The zero-order valence-corrected chi connectivity index (χ0v) is 14.0.